The second-order valence-electron chi connectivity index (χ2n) is 8.26. The summed E-state index contributed by atoms with van der Waals surface area (Å²) in [6, 6.07) is 25.1. The second-order valence-corrected chi connectivity index (χ2v) is 9.18. The molecule has 3 aromatic carbocycles. The summed E-state index contributed by atoms with van der Waals surface area (Å²) in [5.41, 5.74) is 3.28. The maximum Gasteiger partial charge on any atom is 0.119 e. The molecule has 0 saturated carbocycles. The molecule has 0 bridgehead atoms. The third-order valence-corrected chi connectivity index (χ3v) is 6.09. The van der Waals surface area contributed by atoms with Crippen molar-refractivity contribution in [1.82, 2.24) is 0 Å². The minimum absolute atomic E-state index is 0.767. The van der Waals surface area contributed by atoms with Crippen molar-refractivity contribution in [3.8, 4) is 11.5 Å². The predicted octanol–water partition coefficient (Wildman–Crippen LogP) is 9.45. The first-order valence-corrected chi connectivity index (χ1v) is 13.0. The highest BCUT2D eigenvalue weighted by Gasteiger charge is 2.13. The SMILES string of the molecule is CCCCCCOc1ccc(N(c2ccc(Br)cc2)c2ccc(OCCCCC)cc2)cc1. The number of nitrogens with zero attached hydrogens (tertiary/aromatic N) is 1. The van der Waals surface area contributed by atoms with E-state index in [2.05, 4.69) is 107 Å². The highest BCUT2D eigenvalue weighted by molar-refractivity contribution is 9.10. The molecular weight excluding hydrogens is 474 g/mol. The number of unbranched alkanes of at least 4 members (excludes halogenated alkanes) is 5. The van der Waals surface area contributed by atoms with Gasteiger partial charge in [-0.3, -0.25) is 0 Å². The van der Waals surface area contributed by atoms with Gasteiger partial charge in [0.25, 0.3) is 0 Å². The Labute approximate surface area is 207 Å². The molecule has 0 saturated heterocycles. The number of hydrogen-bond acceptors (Lipinski definition) is 3. The Morgan fingerprint density at radius 1 is 0.545 bits per heavy atom. The third-order valence-electron chi connectivity index (χ3n) is 5.56. The van der Waals surface area contributed by atoms with Crippen LogP contribution in [0.3, 0.4) is 0 Å². The maximum absolute atomic E-state index is 5.94. The molecule has 0 spiro atoms. The smallest absolute Gasteiger partial charge is 0.119 e. The lowest BCUT2D eigenvalue weighted by Gasteiger charge is -2.26. The van der Waals surface area contributed by atoms with Crippen LogP contribution in [0, 0.1) is 0 Å². The van der Waals surface area contributed by atoms with Gasteiger partial charge in [0.15, 0.2) is 0 Å². The van der Waals surface area contributed by atoms with E-state index in [0.29, 0.717) is 0 Å². The average Bonchev–Trinajstić information content (AvgIpc) is 2.85. The highest BCUT2D eigenvalue weighted by atomic mass is 79.9. The van der Waals surface area contributed by atoms with Gasteiger partial charge >= 0.3 is 0 Å². The van der Waals surface area contributed by atoms with Gasteiger partial charge in [0.1, 0.15) is 11.5 Å². The van der Waals surface area contributed by atoms with E-state index in [0.717, 1.165) is 59.1 Å². The van der Waals surface area contributed by atoms with Crippen molar-refractivity contribution < 1.29 is 9.47 Å². The summed E-state index contributed by atoms with van der Waals surface area (Å²) in [4.78, 5) is 2.25. The fourth-order valence-corrected chi connectivity index (χ4v) is 3.95. The second kappa shape index (κ2) is 13.9. The Morgan fingerprint density at radius 2 is 0.939 bits per heavy atom. The molecule has 0 N–H and O–H groups in total. The van der Waals surface area contributed by atoms with Crippen molar-refractivity contribution in [2.45, 2.75) is 58.8 Å². The van der Waals surface area contributed by atoms with Crippen LogP contribution in [0.25, 0.3) is 0 Å². The molecule has 3 nitrogen and oxygen atoms in total. The number of halogens is 1. The Balaban J connectivity index is 1.74. The lowest BCUT2D eigenvalue weighted by Crippen LogP contribution is -2.10. The fraction of sp³-hybridized carbons (Fsp3) is 0.379. The molecule has 0 aliphatic heterocycles. The van der Waals surface area contributed by atoms with Crippen LogP contribution in [-0.4, -0.2) is 13.2 Å². The van der Waals surface area contributed by atoms with Crippen molar-refractivity contribution in [3.63, 3.8) is 0 Å². The average molecular weight is 511 g/mol. The van der Waals surface area contributed by atoms with Crippen molar-refractivity contribution in [1.29, 1.82) is 0 Å². The van der Waals surface area contributed by atoms with Crippen LogP contribution in [0.5, 0.6) is 11.5 Å². The zero-order valence-electron chi connectivity index (χ0n) is 19.9. The molecule has 0 aromatic heterocycles. The summed E-state index contributed by atoms with van der Waals surface area (Å²) in [7, 11) is 0. The van der Waals surface area contributed by atoms with Crippen molar-refractivity contribution in [2.75, 3.05) is 18.1 Å². The maximum atomic E-state index is 5.94. The van der Waals surface area contributed by atoms with E-state index in [1.165, 1.54) is 32.1 Å². The van der Waals surface area contributed by atoms with E-state index in [1.807, 2.05) is 0 Å². The van der Waals surface area contributed by atoms with E-state index < -0.39 is 0 Å². The van der Waals surface area contributed by atoms with Gasteiger partial charge in [-0.05, 0) is 85.6 Å². The van der Waals surface area contributed by atoms with Gasteiger partial charge in [-0.25, -0.2) is 0 Å². The Hall–Kier alpha value is -2.46. The van der Waals surface area contributed by atoms with Gasteiger partial charge in [-0.2, -0.15) is 0 Å². The van der Waals surface area contributed by atoms with E-state index in [4.69, 9.17) is 9.47 Å². The van der Waals surface area contributed by atoms with Gasteiger partial charge in [-0.15, -0.1) is 0 Å². The molecule has 0 unspecified atom stereocenters. The largest absolute Gasteiger partial charge is 0.494 e. The van der Waals surface area contributed by atoms with E-state index >= 15 is 0 Å². The molecular formula is C29H36BrNO2. The van der Waals surface area contributed by atoms with Crippen LogP contribution in [0.1, 0.15) is 58.8 Å². The standard InChI is InChI=1S/C29H36BrNO2/c1-3-5-7-9-23-33-29-20-16-27(17-21-29)31(25-12-10-24(30)11-13-25)26-14-18-28(19-15-26)32-22-8-6-4-2/h10-21H,3-9,22-23H2,1-2H3. The van der Waals surface area contributed by atoms with E-state index in [-0.39, 0.29) is 0 Å². The third kappa shape index (κ3) is 8.12. The van der Waals surface area contributed by atoms with Gasteiger partial charge < -0.3 is 14.4 Å². The number of anilines is 3. The first kappa shape index (κ1) is 25.2. The zero-order valence-corrected chi connectivity index (χ0v) is 21.5. The molecule has 0 aliphatic carbocycles. The van der Waals surface area contributed by atoms with Crippen LogP contribution in [0.15, 0.2) is 77.3 Å². The highest BCUT2D eigenvalue weighted by Crippen LogP contribution is 2.36. The molecule has 0 heterocycles. The van der Waals surface area contributed by atoms with Crippen LogP contribution in [0.4, 0.5) is 17.1 Å². The van der Waals surface area contributed by atoms with Gasteiger partial charge in [0, 0.05) is 21.5 Å². The summed E-state index contributed by atoms with van der Waals surface area (Å²) in [5.74, 6) is 1.83. The molecule has 0 aliphatic rings. The molecule has 0 radical (unpaired) electrons. The first-order valence-electron chi connectivity index (χ1n) is 12.2. The first-order chi connectivity index (χ1) is 16.2. The molecule has 0 amide bonds. The van der Waals surface area contributed by atoms with Gasteiger partial charge in [-0.1, -0.05) is 61.9 Å². The number of rotatable bonds is 14. The van der Waals surface area contributed by atoms with E-state index in [9.17, 15) is 0 Å². The van der Waals surface area contributed by atoms with Crippen molar-refractivity contribution in [3.05, 3.63) is 77.3 Å². The molecule has 4 heteroatoms. The molecule has 3 rings (SSSR count). The summed E-state index contributed by atoms with van der Waals surface area (Å²) < 4.78 is 12.9. The number of benzene rings is 3. The van der Waals surface area contributed by atoms with E-state index in [1.54, 1.807) is 0 Å². The van der Waals surface area contributed by atoms with Gasteiger partial charge in [0.2, 0.25) is 0 Å². The summed E-state index contributed by atoms with van der Waals surface area (Å²) in [6.45, 7) is 5.97. The number of hydrogen-bond donors (Lipinski definition) is 0. The van der Waals surface area contributed by atoms with Crippen LogP contribution in [0.2, 0.25) is 0 Å². The van der Waals surface area contributed by atoms with Crippen LogP contribution in [-0.2, 0) is 0 Å². The van der Waals surface area contributed by atoms with Gasteiger partial charge in [0.05, 0.1) is 13.2 Å². The predicted molar refractivity (Wildman–Crippen MR) is 143 cm³/mol. The summed E-state index contributed by atoms with van der Waals surface area (Å²) in [5, 5.41) is 0. The minimum atomic E-state index is 0.767. The topological polar surface area (TPSA) is 21.7 Å². The lowest BCUT2D eigenvalue weighted by molar-refractivity contribution is 0.305. The molecule has 33 heavy (non-hydrogen) atoms. The normalized spacial score (nSPS) is 10.8. The molecule has 0 fully saturated rings. The quantitative estimate of drug-likeness (QED) is 0.202. The molecule has 176 valence electrons. The molecule has 0 atom stereocenters. The van der Waals surface area contributed by atoms with Crippen LogP contribution >= 0.6 is 15.9 Å². The summed E-state index contributed by atoms with van der Waals surface area (Å²) in [6.07, 6.45) is 8.34. The zero-order chi connectivity index (χ0) is 23.3. The summed E-state index contributed by atoms with van der Waals surface area (Å²) >= 11 is 3.55. The Bertz CT molecular complexity index is 923. The van der Waals surface area contributed by atoms with Crippen LogP contribution < -0.4 is 14.4 Å². The van der Waals surface area contributed by atoms with Crippen molar-refractivity contribution >= 4 is 33.0 Å². The lowest BCUT2D eigenvalue weighted by atomic mass is 10.2. The number of ether oxygens (including phenoxy) is 2. The molecule has 3 aromatic rings. The van der Waals surface area contributed by atoms with Crippen molar-refractivity contribution in [2.24, 2.45) is 0 Å². The fourth-order valence-electron chi connectivity index (χ4n) is 3.68. The Kier molecular flexibility index (Phi) is 10.6. The Morgan fingerprint density at radius 3 is 1.39 bits per heavy atom. The monoisotopic (exact) mass is 509 g/mol. The minimum Gasteiger partial charge on any atom is -0.494 e.